The summed E-state index contributed by atoms with van der Waals surface area (Å²) >= 11 is 0. The van der Waals surface area contributed by atoms with Gasteiger partial charge in [0.2, 0.25) is 0 Å². The maximum atomic E-state index is 12.4. The summed E-state index contributed by atoms with van der Waals surface area (Å²) in [7, 11) is 2.11. The molecule has 0 aliphatic carbocycles. The van der Waals surface area contributed by atoms with Crippen LogP contribution in [0.15, 0.2) is 0 Å². The Hall–Kier alpha value is -1.14. The normalized spacial score (nSPS) is 26.2. The van der Waals surface area contributed by atoms with E-state index in [0.717, 1.165) is 25.7 Å². The molecule has 0 radical (unpaired) electrons. The molecule has 0 spiro atoms. The molecule has 1 N–H and O–H groups in total. The highest BCUT2D eigenvalue weighted by Crippen LogP contribution is 2.38. The van der Waals surface area contributed by atoms with E-state index in [0.29, 0.717) is 0 Å². The second kappa shape index (κ2) is 8.54. The Bertz CT molecular complexity index is 576. The van der Waals surface area contributed by atoms with Crippen LogP contribution < -0.4 is 5.32 Å². The minimum atomic E-state index is -0.491. The van der Waals surface area contributed by atoms with Crippen molar-refractivity contribution in [1.82, 2.24) is 10.2 Å². The number of likely N-dealkylation sites (tertiary alicyclic amines) is 1. The average Bonchev–Trinajstić information content (AvgIpc) is 2.39. The van der Waals surface area contributed by atoms with E-state index in [4.69, 9.17) is 9.47 Å². The zero-order valence-electron chi connectivity index (χ0n) is 19.3. The Labute approximate surface area is 178 Å². The number of piperidine rings is 2. The molecule has 0 aromatic heterocycles. The van der Waals surface area contributed by atoms with Gasteiger partial charge in [0.25, 0.3) is 0 Å². The van der Waals surface area contributed by atoms with E-state index in [1.54, 1.807) is 0 Å². The smallest absolute Gasteiger partial charge is 0.317 e. The Morgan fingerprint density at radius 3 is 1.52 bits per heavy atom. The summed E-state index contributed by atoms with van der Waals surface area (Å²) in [6.45, 7) is 17.0. The summed E-state index contributed by atoms with van der Waals surface area (Å²) in [5.74, 6) is -0.978. The van der Waals surface area contributed by atoms with Gasteiger partial charge in [-0.3, -0.25) is 14.5 Å². The van der Waals surface area contributed by atoms with Crippen LogP contribution in [0.4, 0.5) is 0 Å². The van der Waals surface area contributed by atoms with E-state index in [9.17, 15) is 9.59 Å². The van der Waals surface area contributed by atoms with Crippen LogP contribution in [-0.2, 0) is 19.1 Å². The second-order valence-corrected chi connectivity index (χ2v) is 11.3. The number of carbonyl (C=O) groups is 2. The van der Waals surface area contributed by atoms with Gasteiger partial charge in [-0.05, 0) is 62.4 Å². The van der Waals surface area contributed by atoms with E-state index in [2.05, 4.69) is 72.7 Å². The number of hydrogen-bond donors (Lipinski definition) is 1. The molecule has 2 aliphatic rings. The van der Waals surface area contributed by atoms with E-state index >= 15 is 0 Å². The lowest BCUT2D eigenvalue weighted by Gasteiger charge is -2.53. The van der Waals surface area contributed by atoms with Crippen molar-refractivity contribution in [2.75, 3.05) is 7.05 Å². The second-order valence-electron chi connectivity index (χ2n) is 11.3. The van der Waals surface area contributed by atoms with Crippen LogP contribution in [0.25, 0.3) is 0 Å². The van der Waals surface area contributed by atoms with Gasteiger partial charge in [-0.1, -0.05) is 7.43 Å². The van der Waals surface area contributed by atoms with Crippen molar-refractivity contribution in [2.24, 2.45) is 0 Å². The molecule has 2 aliphatic heterocycles. The lowest BCUT2D eigenvalue weighted by molar-refractivity contribution is -0.167. The maximum Gasteiger partial charge on any atom is 0.317 e. The highest BCUT2D eigenvalue weighted by Gasteiger charge is 2.44. The number of ether oxygens (including phenoxy) is 2. The number of esters is 2. The first kappa shape index (κ1) is 25.9. The first-order valence-electron chi connectivity index (χ1n) is 10.4. The van der Waals surface area contributed by atoms with Crippen LogP contribution in [-0.4, -0.2) is 58.2 Å². The third kappa shape index (κ3) is 6.95. The minimum Gasteiger partial charge on any atom is -0.462 e. The Morgan fingerprint density at radius 1 is 0.793 bits per heavy atom. The number of nitrogens with zero attached hydrogens (tertiary/aromatic N) is 1. The quantitative estimate of drug-likeness (QED) is 0.555. The van der Waals surface area contributed by atoms with Crippen molar-refractivity contribution >= 4 is 11.9 Å². The van der Waals surface area contributed by atoms with Gasteiger partial charge in [0.1, 0.15) is 18.6 Å². The van der Waals surface area contributed by atoms with Crippen LogP contribution in [0.5, 0.6) is 0 Å². The molecule has 0 atom stereocenters. The Balaban J connectivity index is 0.00000420. The molecule has 2 saturated heterocycles. The summed E-state index contributed by atoms with van der Waals surface area (Å²) < 4.78 is 11.3. The third-order valence-corrected chi connectivity index (χ3v) is 6.31. The number of nitrogens with one attached hydrogen (secondary N) is 1. The molecular formula is C23H44N2O4. The molecule has 0 aromatic rings. The van der Waals surface area contributed by atoms with E-state index in [-0.39, 0.29) is 48.2 Å². The lowest BCUT2D eigenvalue weighted by Crippen LogP contribution is -2.60. The SMILES string of the molecule is C.CN1C(C)(C)CC(OC(=O)CC(=O)OC2CC(C)(C)NC(C)(C)C2)CC1(C)C. The van der Waals surface area contributed by atoms with Crippen molar-refractivity contribution in [1.29, 1.82) is 0 Å². The summed E-state index contributed by atoms with van der Waals surface area (Å²) in [4.78, 5) is 27.0. The van der Waals surface area contributed by atoms with Crippen LogP contribution in [0, 0.1) is 0 Å². The monoisotopic (exact) mass is 412 g/mol. The minimum absolute atomic E-state index is 0. The van der Waals surface area contributed by atoms with Crippen molar-refractivity contribution in [3.63, 3.8) is 0 Å². The summed E-state index contributed by atoms with van der Waals surface area (Å²) in [6.07, 6.45) is 2.28. The molecule has 2 heterocycles. The molecule has 2 fully saturated rings. The average molecular weight is 413 g/mol. The van der Waals surface area contributed by atoms with Crippen LogP contribution in [0.3, 0.4) is 0 Å². The molecule has 0 aromatic carbocycles. The molecule has 0 amide bonds. The molecular weight excluding hydrogens is 368 g/mol. The van der Waals surface area contributed by atoms with Gasteiger partial charge in [0.15, 0.2) is 0 Å². The summed E-state index contributed by atoms with van der Waals surface area (Å²) in [6, 6.07) is 0. The number of hydrogen-bond acceptors (Lipinski definition) is 6. The first-order valence-corrected chi connectivity index (χ1v) is 10.4. The predicted molar refractivity (Wildman–Crippen MR) is 117 cm³/mol. The topological polar surface area (TPSA) is 67.9 Å². The Kier molecular flexibility index (Phi) is 7.63. The lowest BCUT2D eigenvalue weighted by atomic mass is 9.79. The van der Waals surface area contributed by atoms with Gasteiger partial charge in [0.05, 0.1) is 0 Å². The zero-order valence-corrected chi connectivity index (χ0v) is 19.3. The van der Waals surface area contributed by atoms with Gasteiger partial charge in [-0.15, -0.1) is 0 Å². The molecule has 29 heavy (non-hydrogen) atoms. The fourth-order valence-corrected chi connectivity index (χ4v) is 5.25. The van der Waals surface area contributed by atoms with Gasteiger partial charge in [0, 0.05) is 47.8 Å². The molecule has 0 unspecified atom stereocenters. The zero-order chi connectivity index (χ0) is 21.5. The largest absolute Gasteiger partial charge is 0.462 e. The summed E-state index contributed by atoms with van der Waals surface area (Å²) in [5.41, 5.74) is -0.365. The summed E-state index contributed by atoms with van der Waals surface area (Å²) in [5, 5.41) is 3.56. The fraction of sp³-hybridized carbons (Fsp3) is 0.913. The van der Waals surface area contributed by atoms with E-state index in [1.165, 1.54) is 0 Å². The predicted octanol–water partition coefficient (Wildman–Crippen LogP) is 4.06. The molecule has 6 heteroatoms. The third-order valence-electron chi connectivity index (χ3n) is 6.31. The fourth-order valence-electron chi connectivity index (χ4n) is 5.25. The molecule has 2 rings (SSSR count). The van der Waals surface area contributed by atoms with Gasteiger partial charge >= 0.3 is 11.9 Å². The van der Waals surface area contributed by atoms with Gasteiger partial charge < -0.3 is 14.8 Å². The first-order chi connectivity index (χ1) is 12.5. The van der Waals surface area contributed by atoms with Crippen molar-refractivity contribution in [2.45, 2.75) is 129 Å². The van der Waals surface area contributed by atoms with Crippen LogP contribution in [0.2, 0.25) is 0 Å². The van der Waals surface area contributed by atoms with Crippen molar-refractivity contribution < 1.29 is 19.1 Å². The highest BCUT2D eigenvalue weighted by molar-refractivity contribution is 5.91. The highest BCUT2D eigenvalue weighted by atomic mass is 16.6. The van der Waals surface area contributed by atoms with Crippen LogP contribution in [0.1, 0.15) is 94.9 Å². The van der Waals surface area contributed by atoms with Crippen molar-refractivity contribution in [3.05, 3.63) is 0 Å². The Morgan fingerprint density at radius 2 is 1.14 bits per heavy atom. The molecule has 0 bridgehead atoms. The maximum absolute atomic E-state index is 12.4. The van der Waals surface area contributed by atoms with E-state index in [1.807, 2.05) is 0 Å². The number of rotatable bonds is 4. The number of carbonyl (C=O) groups excluding carboxylic acids is 2. The van der Waals surface area contributed by atoms with Gasteiger partial charge in [-0.25, -0.2) is 0 Å². The van der Waals surface area contributed by atoms with Crippen LogP contribution >= 0.6 is 0 Å². The molecule has 170 valence electrons. The van der Waals surface area contributed by atoms with Gasteiger partial charge in [-0.2, -0.15) is 0 Å². The molecule has 0 saturated carbocycles. The molecule has 6 nitrogen and oxygen atoms in total. The standard InChI is InChI=1S/C22H40N2O4.CH4/c1-19(2)11-15(12-20(3,4)23-19)27-17(25)10-18(26)28-16-13-21(5,6)24(9)22(7,8)14-16;/h15-16,23H,10-14H2,1-9H3;1H4. The van der Waals surface area contributed by atoms with Crippen molar-refractivity contribution in [3.8, 4) is 0 Å². The van der Waals surface area contributed by atoms with E-state index < -0.39 is 11.9 Å².